The number of anilines is 1. The summed E-state index contributed by atoms with van der Waals surface area (Å²) in [5, 5.41) is 3.04. The van der Waals surface area contributed by atoms with Gasteiger partial charge in [0.1, 0.15) is 11.5 Å². The Kier molecular flexibility index (Phi) is 6.42. The highest BCUT2D eigenvalue weighted by Gasteiger charge is 2.36. The first-order valence-electron chi connectivity index (χ1n) is 9.91. The minimum Gasteiger partial charge on any atom is -0.495 e. The van der Waals surface area contributed by atoms with Crippen molar-refractivity contribution in [2.24, 2.45) is 5.92 Å². The summed E-state index contributed by atoms with van der Waals surface area (Å²) >= 11 is 0. The molecule has 1 saturated heterocycles. The molecule has 2 aromatic rings. The lowest BCUT2D eigenvalue weighted by Crippen LogP contribution is -2.34. The van der Waals surface area contributed by atoms with Crippen LogP contribution in [0.1, 0.15) is 37.4 Å². The molecule has 0 aromatic heterocycles. The highest BCUT2D eigenvalue weighted by Crippen LogP contribution is 2.34. The Morgan fingerprint density at radius 2 is 2.07 bits per heavy atom. The summed E-state index contributed by atoms with van der Waals surface area (Å²) in [5.74, 6) is 0.818. The van der Waals surface area contributed by atoms with Crippen LogP contribution in [0.2, 0.25) is 0 Å². The molecule has 1 fully saturated rings. The van der Waals surface area contributed by atoms with Crippen molar-refractivity contribution in [1.82, 2.24) is 5.32 Å². The van der Waals surface area contributed by atoms with Gasteiger partial charge in [0.2, 0.25) is 11.8 Å². The number of benzene rings is 2. The lowest BCUT2D eigenvalue weighted by atomic mass is 10.0. The maximum atomic E-state index is 12.8. The van der Waals surface area contributed by atoms with Crippen molar-refractivity contribution in [2.75, 3.05) is 25.2 Å². The molecule has 3 rings (SSSR count). The van der Waals surface area contributed by atoms with Crippen molar-refractivity contribution in [2.45, 2.75) is 33.2 Å². The van der Waals surface area contributed by atoms with E-state index in [1.807, 2.05) is 63.2 Å². The molecule has 2 amide bonds. The van der Waals surface area contributed by atoms with Crippen molar-refractivity contribution in [3.63, 3.8) is 0 Å². The maximum absolute atomic E-state index is 12.8. The second-order valence-electron chi connectivity index (χ2n) is 7.32. The minimum atomic E-state index is -0.398. The summed E-state index contributed by atoms with van der Waals surface area (Å²) in [6.45, 7) is 6.76. The molecule has 6 heteroatoms. The van der Waals surface area contributed by atoms with E-state index in [1.165, 1.54) is 0 Å². The van der Waals surface area contributed by atoms with E-state index in [-0.39, 0.29) is 24.3 Å². The number of hydrogen-bond acceptors (Lipinski definition) is 4. The zero-order chi connectivity index (χ0) is 21.0. The minimum absolute atomic E-state index is 0.0694. The molecule has 1 aliphatic rings. The zero-order valence-electron chi connectivity index (χ0n) is 17.4. The third-order valence-electron chi connectivity index (χ3n) is 5.15. The monoisotopic (exact) mass is 396 g/mol. The normalized spacial score (nSPS) is 17.2. The van der Waals surface area contributed by atoms with Crippen molar-refractivity contribution >= 4 is 17.5 Å². The van der Waals surface area contributed by atoms with Gasteiger partial charge in [0, 0.05) is 13.0 Å². The Hall–Kier alpha value is -3.02. The first kappa shape index (κ1) is 20.7. The summed E-state index contributed by atoms with van der Waals surface area (Å²) in [6, 6.07) is 13.2. The maximum Gasteiger partial charge on any atom is 0.227 e. The number of rotatable bonds is 7. The van der Waals surface area contributed by atoms with E-state index in [9.17, 15) is 9.59 Å². The fraction of sp³-hybridized carbons (Fsp3) is 0.391. The summed E-state index contributed by atoms with van der Waals surface area (Å²) < 4.78 is 10.9. The van der Waals surface area contributed by atoms with Gasteiger partial charge in [0.05, 0.1) is 31.4 Å². The summed E-state index contributed by atoms with van der Waals surface area (Å²) in [6.07, 6.45) is 0.189. The smallest absolute Gasteiger partial charge is 0.227 e. The number of ether oxygens (including phenoxy) is 2. The number of aryl methyl sites for hydroxylation is 1. The molecule has 2 atom stereocenters. The first-order chi connectivity index (χ1) is 13.9. The van der Waals surface area contributed by atoms with Crippen LogP contribution in [0.4, 0.5) is 5.69 Å². The van der Waals surface area contributed by atoms with E-state index in [4.69, 9.17) is 9.47 Å². The van der Waals surface area contributed by atoms with E-state index in [2.05, 4.69) is 5.32 Å². The number of nitrogens with zero attached hydrogens (tertiary/aromatic N) is 1. The fourth-order valence-corrected chi connectivity index (χ4v) is 3.58. The van der Waals surface area contributed by atoms with E-state index >= 15 is 0 Å². The Morgan fingerprint density at radius 1 is 1.28 bits per heavy atom. The van der Waals surface area contributed by atoms with Gasteiger partial charge in [0.15, 0.2) is 0 Å². The molecular weight excluding hydrogens is 368 g/mol. The molecule has 154 valence electrons. The van der Waals surface area contributed by atoms with Gasteiger partial charge in [-0.15, -0.1) is 0 Å². The molecule has 6 nitrogen and oxygen atoms in total. The molecule has 0 saturated carbocycles. The van der Waals surface area contributed by atoms with E-state index in [1.54, 1.807) is 12.0 Å². The van der Waals surface area contributed by atoms with Crippen molar-refractivity contribution in [3.8, 4) is 11.5 Å². The molecule has 0 spiro atoms. The molecule has 2 unspecified atom stereocenters. The number of amides is 2. The molecule has 2 aromatic carbocycles. The molecular formula is C23H28N2O4. The van der Waals surface area contributed by atoms with E-state index in [0.717, 1.165) is 16.9 Å². The molecule has 0 bridgehead atoms. The average Bonchev–Trinajstić information content (AvgIpc) is 3.10. The predicted molar refractivity (Wildman–Crippen MR) is 112 cm³/mol. The van der Waals surface area contributed by atoms with Gasteiger partial charge in [-0.1, -0.05) is 18.2 Å². The number of hydrogen-bond donors (Lipinski definition) is 1. The summed E-state index contributed by atoms with van der Waals surface area (Å²) in [7, 11) is 1.58. The van der Waals surface area contributed by atoms with Crippen molar-refractivity contribution in [3.05, 3.63) is 53.6 Å². The lowest BCUT2D eigenvalue weighted by molar-refractivity contribution is -0.126. The Morgan fingerprint density at radius 3 is 2.79 bits per heavy atom. The van der Waals surface area contributed by atoms with Crippen molar-refractivity contribution < 1.29 is 19.1 Å². The summed E-state index contributed by atoms with van der Waals surface area (Å²) in [4.78, 5) is 27.1. The van der Waals surface area contributed by atoms with Gasteiger partial charge < -0.3 is 19.7 Å². The molecule has 0 aliphatic carbocycles. The summed E-state index contributed by atoms with van der Waals surface area (Å²) in [5.41, 5.74) is 2.71. The van der Waals surface area contributed by atoms with Gasteiger partial charge in [-0.25, -0.2) is 0 Å². The van der Waals surface area contributed by atoms with Crippen LogP contribution in [0.15, 0.2) is 42.5 Å². The number of nitrogens with one attached hydrogen (secondary N) is 1. The van der Waals surface area contributed by atoms with Crippen LogP contribution in [-0.2, 0) is 9.59 Å². The molecule has 1 aliphatic heterocycles. The van der Waals surface area contributed by atoms with Crippen LogP contribution < -0.4 is 19.7 Å². The largest absolute Gasteiger partial charge is 0.495 e. The van der Waals surface area contributed by atoms with E-state index in [0.29, 0.717) is 24.6 Å². The SMILES string of the molecule is CCOc1cccc(C(C)NC(=O)C2CC(=O)N(c3cc(C)ccc3OC)C2)c1. The topological polar surface area (TPSA) is 67.9 Å². The second kappa shape index (κ2) is 8.99. The van der Waals surface area contributed by atoms with Gasteiger partial charge in [0.25, 0.3) is 0 Å². The number of carbonyl (C=O) groups is 2. The van der Waals surface area contributed by atoms with Crippen molar-refractivity contribution in [1.29, 1.82) is 0 Å². The Bertz CT molecular complexity index is 896. The van der Waals surface area contributed by atoms with Gasteiger partial charge in [-0.2, -0.15) is 0 Å². The lowest BCUT2D eigenvalue weighted by Gasteiger charge is -2.21. The van der Waals surface area contributed by atoms with Gasteiger partial charge in [-0.05, 0) is 56.2 Å². The van der Waals surface area contributed by atoms with Crippen LogP contribution in [-0.4, -0.2) is 32.1 Å². The highest BCUT2D eigenvalue weighted by molar-refractivity contribution is 6.01. The van der Waals surface area contributed by atoms with Crippen LogP contribution in [0.5, 0.6) is 11.5 Å². The van der Waals surface area contributed by atoms with Gasteiger partial charge in [-0.3, -0.25) is 9.59 Å². The van der Waals surface area contributed by atoms with Crippen LogP contribution >= 0.6 is 0 Å². The predicted octanol–water partition coefficient (Wildman–Crippen LogP) is 3.63. The molecule has 0 radical (unpaired) electrons. The van der Waals surface area contributed by atoms with Crippen LogP contribution in [0.25, 0.3) is 0 Å². The standard InChI is InChI=1S/C23H28N2O4/c1-5-29-19-8-6-7-17(12-19)16(3)24-23(27)18-13-22(26)25(14-18)20-11-15(2)9-10-21(20)28-4/h6-12,16,18H,5,13-14H2,1-4H3,(H,24,27). The van der Waals surface area contributed by atoms with E-state index < -0.39 is 5.92 Å². The second-order valence-corrected chi connectivity index (χ2v) is 7.32. The molecule has 29 heavy (non-hydrogen) atoms. The van der Waals surface area contributed by atoms with Crippen LogP contribution in [0, 0.1) is 12.8 Å². The Balaban J connectivity index is 1.69. The number of carbonyl (C=O) groups excluding carboxylic acids is 2. The first-order valence-corrected chi connectivity index (χ1v) is 9.91. The zero-order valence-corrected chi connectivity index (χ0v) is 17.4. The number of methoxy groups -OCH3 is 1. The quantitative estimate of drug-likeness (QED) is 0.776. The fourth-order valence-electron chi connectivity index (χ4n) is 3.58. The van der Waals surface area contributed by atoms with Gasteiger partial charge >= 0.3 is 0 Å². The Labute approximate surface area is 171 Å². The molecule has 1 heterocycles. The third-order valence-corrected chi connectivity index (χ3v) is 5.15. The van der Waals surface area contributed by atoms with Crippen LogP contribution in [0.3, 0.4) is 0 Å². The highest BCUT2D eigenvalue weighted by atomic mass is 16.5. The average molecular weight is 396 g/mol. The third kappa shape index (κ3) is 4.70. The molecule has 1 N–H and O–H groups in total.